The molecule has 0 spiro atoms. The highest BCUT2D eigenvalue weighted by Crippen LogP contribution is 2.13. The average molecular weight is 208 g/mol. The molecule has 0 aromatic carbocycles. The average Bonchev–Trinajstić information content (AvgIpc) is 2.59. The third kappa shape index (κ3) is 2.23. The Morgan fingerprint density at radius 3 is 3.00 bits per heavy atom. The van der Waals surface area contributed by atoms with Crippen LogP contribution in [-0.4, -0.2) is 38.5 Å². The molecule has 15 heavy (non-hydrogen) atoms. The first-order valence-corrected chi connectivity index (χ1v) is 5.25. The van der Waals surface area contributed by atoms with Gasteiger partial charge < -0.3 is 4.57 Å². The van der Waals surface area contributed by atoms with E-state index in [2.05, 4.69) is 15.1 Å². The lowest BCUT2D eigenvalue weighted by Crippen LogP contribution is -2.39. The van der Waals surface area contributed by atoms with Crippen LogP contribution in [0.3, 0.4) is 0 Å². The maximum Gasteiger partial charge on any atom is 0.146 e. The number of hydrogen-bond acceptors (Lipinski definition) is 4. The quantitative estimate of drug-likeness (QED) is 0.698. The number of nitrogens with zero attached hydrogens (tertiary/aromatic N) is 4. The van der Waals surface area contributed by atoms with Crippen LogP contribution in [0, 0.1) is 5.92 Å². The van der Waals surface area contributed by atoms with Gasteiger partial charge in [0.05, 0.1) is 6.54 Å². The highest BCUT2D eigenvalue weighted by Gasteiger charge is 2.24. The Labute approximate surface area is 89.1 Å². The lowest BCUT2D eigenvalue weighted by atomic mass is 9.99. The van der Waals surface area contributed by atoms with E-state index in [1.807, 2.05) is 18.5 Å². The number of carbonyl (C=O) groups is 1. The van der Waals surface area contributed by atoms with E-state index in [0.29, 0.717) is 12.2 Å². The van der Waals surface area contributed by atoms with Gasteiger partial charge in [0, 0.05) is 32.5 Å². The van der Waals surface area contributed by atoms with E-state index >= 15 is 0 Å². The van der Waals surface area contributed by atoms with Crippen LogP contribution in [0.1, 0.15) is 19.2 Å². The molecular weight excluding hydrogens is 192 g/mol. The molecule has 1 aromatic rings. The zero-order valence-corrected chi connectivity index (χ0v) is 9.18. The third-order valence-electron chi connectivity index (χ3n) is 2.93. The van der Waals surface area contributed by atoms with Gasteiger partial charge in [-0.2, -0.15) is 0 Å². The number of aryl methyl sites for hydroxylation is 1. The number of aromatic nitrogens is 3. The number of piperidine rings is 1. The summed E-state index contributed by atoms with van der Waals surface area (Å²) in [7, 11) is 1.94. The molecule has 0 saturated carbocycles. The van der Waals surface area contributed by atoms with Crippen molar-refractivity contribution in [3.05, 3.63) is 12.2 Å². The Bertz CT molecular complexity index is 360. The fraction of sp³-hybridized carbons (Fsp3) is 0.700. The van der Waals surface area contributed by atoms with Gasteiger partial charge in [0.25, 0.3) is 0 Å². The predicted molar refractivity (Wildman–Crippen MR) is 55.1 cm³/mol. The molecule has 0 bridgehead atoms. The van der Waals surface area contributed by atoms with Gasteiger partial charge in [-0.3, -0.25) is 9.69 Å². The predicted octanol–water partition coefficient (Wildman–Crippen LogP) is 0.226. The van der Waals surface area contributed by atoms with Crippen molar-refractivity contribution in [2.24, 2.45) is 13.0 Å². The van der Waals surface area contributed by atoms with E-state index in [4.69, 9.17) is 0 Å². The molecule has 82 valence electrons. The second-order valence-electron chi connectivity index (χ2n) is 4.21. The van der Waals surface area contributed by atoms with Gasteiger partial charge in [0.15, 0.2) is 0 Å². The minimum atomic E-state index is 0.159. The van der Waals surface area contributed by atoms with Gasteiger partial charge in [-0.05, 0) is 0 Å². The van der Waals surface area contributed by atoms with E-state index < -0.39 is 0 Å². The fourth-order valence-corrected chi connectivity index (χ4v) is 1.89. The Morgan fingerprint density at radius 2 is 2.40 bits per heavy atom. The highest BCUT2D eigenvalue weighted by molar-refractivity contribution is 5.81. The largest absolute Gasteiger partial charge is 0.320 e. The molecule has 1 saturated heterocycles. The van der Waals surface area contributed by atoms with Crippen LogP contribution in [0.15, 0.2) is 6.33 Å². The number of likely N-dealkylation sites (tertiary alicyclic amines) is 1. The minimum Gasteiger partial charge on any atom is -0.320 e. The smallest absolute Gasteiger partial charge is 0.146 e. The van der Waals surface area contributed by atoms with Crippen molar-refractivity contribution >= 4 is 5.78 Å². The van der Waals surface area contributed by atoms with Gasteiger partial charge in [0.2, 0.25) is 0 Å². The lowest BCUT2D eigenvalue weighted by molar-refractivity contribution is -0.125. The molecule has 1 aliphatic heterocycles. The summed E-state index contributed by atoms with van der Waals surface area (Å²) in [5.74, 6) is 1.49. The van der Waals surface area contributed by atoms with Crippen LogP contribution in [-0.2, 0) is 18.4 Å². The van der Waals surface area contributed by atoms with Crippen LogP contribution in [0.25, 0.3) is 0 Å². The maximum atomic E-state index is 11.3. The van der Waals surface area contributed by atoms with Crippen LogP contribution in [0.5, 0.6) is 0 Å². The molecule has 2 heterocycles. The van der Waals surface area contributed by atoms with E-state index in [1.54, 1.807) is 6.33 Å². The van der Waals surface area contributed by atoms with Crippen molar-refractivity contribution in [3.63, 3.8) is 0 Å². The summed E-state index contributed by atoms with van der Waals surface area (Å²) in [6.07, 6.45) is 2.37. The zero-order chi connectivity index (χ0) is 10.8. The number of Topliss-reactive ketones (excluding diaryl/α,β-unsaturated/α-hetero) is 1. The molecular formula is C10H16N4O. The Hall–Kier alpha value is -1.23. The standard InChI is InChI=1S/C10H16N4O/c1-8-5-14(4-3-9(8)15)6-10-12-11-7-13(10)2/h7-8H,3-6H2,1-2H3. The van der Waals surface area contributed by atoms with E-state index in [0.717, 1.165) is 25.5 Å². The second kappa shape index (κ2) is 4.10. The molecule has 5 heteroatoms. The molecule has 1 aromatic heterocycles. The molecule has 0 radical (unpaired) electrons. The second-order valence-corrected chi connectivity index (χ2v) is 4.21. The van der Waals surface area contributed by atoms with Gasteiger partial charge in [-0.1, -0.05) is 6.92 Å². The Kier molecular flexibility index (Phi) is 2.81. The first kappa shape index (κ1) is 10.3. The molecule has 1 atom stereocenters. The molecule has 1 fully saturated rings. The van der Waals surface area contributed by atoms with Crippen molar-refractivity contribution in [2.75, 3.05) is 13.1 Å². The molecule has 0 aliphatic carbocycles. The van der Waals surface area contributed by atoms with Crippen molar-refractivity contribution in [1.82, 2.24) is 19.7 Å². The summed E-state index contributed by atoms with van der Waals surface area (Å²) in [5, 5.41) is 7.88. The first-order valence-electron chi connectivity index (χ1n) is 5.25. The first-order chi connectivity index (χ1) is 7.16. The molecule has 0 amide bonds. The molecule has 1 unspecified atom stereocenters. The number of ketones is 1. The third-order valence-corrected chi connectivity index (χ3v) is 2.93. The van der Waals surface area contributed by atoms with Crippen LogP contribution in [0.2, 0.25) is 0 Å². The summed E-state index contributed by atoms with van der Waals surface area (Å²) >= 11 is 0. The minimum absolute atomic E-state index is 0.159. The monoisotopic (exact) mass is 208 g/mol. The maximum absolute atomic E-state index is 11.3. The van der Waals surface area contributed by atoms with E-state index in [1.165, 1.54) is 0 Å². The van der Waals surface area contributed by atoms with Crippen molar-refractivity contribution in [3.8, 4) is 0 Å². The fourth-order valence-electron chi connectivity index (χ4n) is 1.89. The zero-order valence-electron chi connectivity index (χ0n) is 9.18. The summed E-state index contributed by atoms with van der Waals surface area (Å²) in [6, 6.07) is 0. The number of hydrogen-bond donors (Lipinski definition) is 0. The summed E-state index contributed by atoms with van der Waals surface area (Å²) in [5.41, 5.74) is 0. The van der Waals surface area contributed by atoms with Gasteiger partial charge in [-0.15, -0.1) is 10.2 Å². The normalized spacial score (nSPS) is 23.3. The van der Waals surface area contributed by atoms with E-state index in [9.17, 15) is 4.79 Å². The van der Waals surface area contributed by atoms with Crippen molar-refractivity contribution in [2.45, 2.75) is 19.9 Å². The molecule has 0 N–H and O–H groups in total. The van der Waals surface area contributed by atoms with Crippen LogP contribution in [0.4, 0.5) is 0 Å². The molecule has 1 aliphatic rings. The van der Waals surface area contributed by atoms with E-state index in [-0.39, 0.29) is 5.92 Å². The van der Waals surface area contributed by atoms with Crippen molar-refractivity contribution < 1.29 is 4.79 Å². The van der Waals surface area contributed by atoms with Crippen LogP contribution < -0.4 is 0 Å². The Balaban J connectivity index is 1.96. The summed E-state index contributed by atoms with van der Waals surface area (Å²) in [4.78, 5) is 13.6. The lowest BCUT2D eigenvalue weighted by Gasteiger charge is -2.29. The number of carbonyl (C=O) groups excluding carboxylic acids is 1. The Morgan fingerprint density at radius 1 is 1.60 bits per heavy atom. The SMILES string of the molecule is CC1CN(Cc2nncn2C)CCC1=O. The summed E-state index contributed by atoms with van der Waals surface area (Å²) in [6.45, 7) is 4.46. The van der Waals surface area contributed by atoms with Crippen LogP contribution >= 0.6 is 0 Å². The van der Waals surface area contributed by atoms with Crippen molar-refractivity contribution in [1.29, 1.82) is 0 Å². The number of rotatable bonds is 2. The molecule has 5 nitrogen and oxygen atoms in total. The van der Waals surface area contributed by atoms with Gasteiger partial charge in [0.1, 0.15) is 17.9 Å². The van der Waals surface area contributed by atoms with Gasteiger partial charge >= 0.3 is 0 Å². The van der Waals surface area contributed by atoms with Gasteiger partial charge in [-0.25, -0.2) is 0 Å². The summed E-state index contributed by atoms with van der Waals surface area (Å²) < 4.78 is 1.92. The molecule has 2 rings (SSSR count). The topological polar surface area (TPSA) is 51.0 Å². The highest BCUT2D eigenvalue weighted by atomic mass is 16.1.